The van der Waals surface area contributed by atoms with Gasteiger partial charge in [-0.3, -0.25) is 4.90 Å². The Labute approximate surface area is 120 Å². The van der Waals surface area contributed by atoms with Gasteiger partial charge in [-0.2, -0.15) is 12.6 Å². The Bertz CT molecular complexity index is 467. The maximum atomic E-state index is 12.3. The van der Waals surface area contributed by atoms with Crippen molar-refractivity contribution in [3.63, 3.8) is 0 Å². The average Bonchev–Trinajstić information content (AvgIpc) is 2.35. The van der Waals surface area contributed by atoms with Crippen molar-refractivity contribution in [2.75, 3.05) is 5.75 Å². The van der Waals surface area contributed by atoms with Gasteiger partial charge in [-0.05, 0) is 38.3 Å². The van der Waals surface area contributed by atoms with Gasteiger partial charge in [0.25, 0.3) is 0 Å². The number of fused-ring (bicyclic) bond motifs is 1. The second-order valence-electron chi connectivity index (χ2n) is 5.92. The Kier molecular flexibility index (Phi) is 4.09. The minimum absolute atomic E-state index is 0.105. The largest absolute Gasteiger partial charge is 0.444 e. The Hall–Kier alpha value is -1.16. The standard InChI is InChI=1S/C15H21NO2S/c1-15(2,3)18-14(17)16-9-12-7-5-4-6-11(12)8-13(16)10-19/h4-7,13,19H,8-10H2,1-3H3/t13-/m1/s1. The van der Waals surface area contributed by atoms with Crippen molar-refractivity contribution < 1.29 is 9.53 Å². The summed E-state index contributed by atoms with van der Waals surface area (Å²) in [5.74, 6) is 0.646. The van der Waals surface area contributed by atoms with E-state index in [0.29, 0.717) is 12.3 Å². The predicted molar refractivity (Wildman–Crippen MR) is 79.6 cm³/mol. The molecule has 1 aromatic carbocycles. The van der Waals surface area contributed by atoms with E-state index in [-0.39, 0.29) is 12.1 Å². The van der Waals surface area contributed by atoms with E-state index in [4.69, 9.17) is 4.74 Å². The summed E-state index contributed by atoms with van der Waals surface area (Å²) >= 11 is 4.37. The lowest BCUT2D eigenvalue weighted by Gasteiger charge is -2.37. The van der Waals surface area contributed by atoms with E-state index in [1.165, 1.54) is 11.1 Å². The third kappa shape index (κ3) is 3.44. The van der Waals surface area contributed by atoms with Crippen LogP contribution in [-0.2, 0) is 17.7 Å². The second kappa shape index (κ2) is 5.45. The van der Waals surface area contributed by atoms with Gasteiger partial charge in [0.05, 0.1) is 0 Å². The van der Waals surface area contributed by atoms with Gasteiger partial charge in [0.1, 0.15) is 5.60 Å². The fourth-order valence-electron chi connectivity index (χ4n) is 2.28. The quantitative estimate of drug-likeness (QED) is 0.799. The van der Waals surface area contributed by atoms with E-state index in [0.717, 1.165) is 6.42 Å². The van der Waals surface area contributed by atoms with Gasteiger partial charge >= 0.3 is 6.09 Å². The lowest BCUT2D eigenvalue weighted by molar-refractivity contribution is 0.0143. The summed E-state index contributed by atoms with van der Waals surface area (Å²) in [5, 5.41) is 0. The summed E-state index contributed by atoms with van der Waals surface area (Å²) in [6, 6.07) is 8.35. The van der Waals surface area contributed by atoms with Crippen LogP contribution in [0.2, 0.25) is 0 Å². The van der Waals surface area contributed by atoms with Crippen molar-refractivity contribution in [1.29, 1.82) is 0 Å². The van der Waals surface area contributed by atoms with E-state index in [2.05, 4.69) is 24.8 Å². The van der Waals surface area contributed by atoms with Gasteiger partial charge in [0.2, 0.25) is 0 Å². The van der Waals surface area contributed by atoms with Crippen LogP contribution in [0, 0.1) is 0 Å². The van der Waals surface area contributed by atoms with Gasteiger partial charge in [-0.15, -0.1) is 0 Å². The smallest absolute Gasteiger partial charge is 0.410 e. The molecule has 0 N–H and O–H groups in total. The molecule has 0 fully saturated rings. The molecule has 1 aliphatic rings. The molecule has 2 rings (SSSR count). The molecule has 0 aliphatic carbocycles. The molecule has 1 heterocycles. The first-order valence-corrected chi connectivity index (χ1v) is 7.21. The van der Waals surface area contributed by atoms with Crippen LogP contribution in [0.5, 0.6) is 0 Å². The number of hydrogen-bond donors (Lipinski definition) is 1. The molecular formula is C15H21NO2S. The molecule has 19 heavy (non-hydrogen) atoms. The maximum Gasteiger partial charge on any atom is 0.410 e. The van der Waals surface area contributed by atoms with Gasteiger partial charge in [-0.25, -0.2) is 4.79 Å². The predicted octanol–water partition coefficient (Wildman–Crippen LogP) is 3.28. The van der Waals surface area contributed by atoms with Crippen molar-refractivity contribution in [1.82, 2.24) is 4.90 Å². The van der Waals surface area contributed by atoms with Gasteiger partial charge in [0, 0.05) is 18.3 Å². The van der Waals surface area contributed by atoms with E-state index >= 15 is 0 Å². The molecule has 4 heteroatoms. The second-order valence-corrected chi connectivity index (χ2v) is 6.28. The Morgan fingerprint density at radius 1 is 1.37 bits per heavy atom. The molecule has 1 aliphatic heterocycles. The number of amides is 1. The van der Waals surface area contributed by atoms with Crippen LogP contribution >= 0.6 is 12.6 Å². The summed E-state index contributed by atoms with van der Waals surface area (Å²) in [6.07, 6.45) is 0.597. The fourth-order valence-corrected chi connectivity index (χ4v) is 2.61. The first kappa shape index (κ1) is 14.3. The highest BCUT2D eigenvalue weighted by molar-refractivity contribution is 7.80. The Balaban J connectivity index is 2.19. The van der Waals surface area contributed by atoms with Crippen molar-refractivity contribution in [2.24, 2.45) is 0 Å². The first-order valence-electron chi connectivity index (χ1n) is 6.58. The summed E-state index contributed by atoms with van der Waals surface area (Å²) in [7, 11) is 0. The van der Waals surface area contributed by atoms with Crippen molar-refractivity contribution in [3.05, 3.63) is 35.4 Å². The first-order chi connectivity index (χ1) is 8.90. The number of carbonyl (C=O) groups is 1. The van der Waals surface area contributed by atoms with Crippen molar-refractivity contribution in [2.45, 2.75) is 45.4 Å². The van der Waals surface area contributed by atoms with Gasteiger partial charge in [-0.1, -0.05) is 24.3 Å². The molecule has 1 aromatic rings. The molecule has 0 saturated heterocycles. The number of ether oxygens (including phenoxy) is 1. The lowest BCUT2D eigenvalue weighted by atomic mass is 9.95. The van der Waals surface area contributed by atoms with E-state index in [1.807, 2.05) is 32.9 Å². The van der Waals surface area contributed by atoms with Crippen LogP contribution < -0.4 is 0 Å². The van der Waals surface area contributed by atoms with Crippen LogP contribution in [0.4, 0.5) is 4.79 Å². The molecule has 1 amide bonds. The number of rotatable bonds is 1. The van der Waals surface area contributed by atoms with Crippen LogP contribution in [0.3, 0.4) is 0 Å². The number of nitrogens with zero attached hydrogens (tertiary/aromatic N) is 1. The third-order valence-corrected chi connectivity index (χ3v) is 3.62. The fraction of sp³-hybridized carbons (Fsp3) is 0.533. The summed E-state index contributed by atoms with van der Waals surface area (Å²) in [5.41, 5.74) is 2.04. The SMILES string of the molecule is CC(C)(C)OC(=O)N1Cc2ccccc2C[C@@H]1CS. The molecule has 0 unspecified atom stereocenters. The molecule has 0 aromatic heterocycles. The molecule has 1 atom stereocenters. The minimum Gasteiger partial charge on any atom is -0.444 e. The normalized spacial score (nSPS) is 18.9. The molecule has 0 bridgehead atoms. The van der Waals surface area contributed by atoms with Crippen LogP contribution in [0.25, 0.3) is 0 Å². The number of benzene rings is 1. The van der Waals surface area contributed by atoms with Crippen molar-refractivity contribution in [3.8, 4) is 0 Å². The minimum atomic E-state index is -0.463. The highest BCUT2D eigenvalue weighted by Crippen LogP contribution is 2.25. The lowest BCUT2D eigenvalue weighted by Crippen LogP contribution is -2.47. The summed E-state index contributed by atoms with van der Waals surface area (Å²) < 4.78 is 5.48. The third-order valence-electron chi connectivity index (χ3n) is 3.19. The highest BCUT2D eigenvalue weighted by atomic mass is 32.1. The molecule has 0 saturated carbocycles. The van der Waals surface area contributed by atoms with Gasteiger partial charge < -0.3 is 4.74 Å². The maximum absolute atomic E-state index is 12.3. The topological polar surface area (TPSA) is 29.5 Å². The van der Waals surface area contributed by atoms with Crippen LogP contribution in [0.1, 0.15) is 31.9 Å². The van der Waals surface area contributed by atoms with Crippen molar-refractivity contribution >= 4 is 18.7 Å². The molecular weight excluding hydrogens is 258 g/mol. The number of carbonyl (C=O) groups excluding carboxylic acids is 1. The zero-order valence-electron chi connectivity index (χ0n) is 11.7. The molecule has 0 radical (unpaired) electrons. The van der Waals surface area contributed by atoms with E-state index < -0.39 is 5.60 Å². The molecule has 3 nitrogen and oxygen atoms in total. The zero-order valence-corrected chi connectivity index (χ0v) is 12.6. The van der Waals surface area contributed by atoms with E-state index in [9.17, 15) is 4.79 Å². The van der Waals surface area contributed by atoms with Crippen LogP contribution in [0.15, 0.2) is 24.3 Å². The molecule has 104 valence electrons. The molecule has 0 spiro atoms. The van der Waals surface area contributed by atoms with Crippen LogP contribution in [-0.4, -0.2) is 28.4 Å². The zero-order chi connectivity index (χ0) is 14.0. The van der Waals surface area contributed by atoms with Gasteiger partial charge in [0.15, 0.2) is 0 Å². The Morgan fingerprint density at radius 3 is 2.58 bits per heavy atom. The Morgan fingerprint density at radius 2 is 2.00 bits per heavy atom. The monoisotopic (exact) mass is 279 g/mol. The summed E-state index contributed by atoms with van der Waals surface area (Å²) in [4.78, 5) is 14.1. The average molecular weight is 279 g/mol. The number of thiol groups is 1. The van der Waals surface area contributed by atoms with E-state index in [1.54, 1.807) is 4.90 Å². The number of hydrogen-bond acceptors (Lipinski definition) is 3. The highest BCUT2D eigenvalue weighted by Gasteiger charge is 2.31. The summed E-state index contributed by atoms with van der Waals surface area (Å²) in [6.45, 7) is 6.27.